The number of halogens is 3. The SMILES string of the molecule is Cc1cc(CN)oc1C(=O)Nc1ccc(OC(F)(F)F)nc1. The van der Waals surface area contributed by atoms with Crippen LogP contribution in [0.25, 0.3) is 0 Å². The molecule has 0 aromatic carbocycles. The predicted molar refractivity (Wildman–Crippen MR) is 70.2 cm³/mol. The van der Waals surface area contributed by atoms with Crippen LogP contribution in [0.4, 0.5) is 18.9 Å². The van der Waals surface area contributed by atoms with Gasteiger partial charge in [-0.3, -0.25) is 4.79 Å². The van der Waals surface area contributed by atoms with Gasteiger partial charge < -0.3 is 20.2 Å². The number of hydrogen-bond acceptors (Lipinski definition) is 5. The van der Waals surface area contributed by atoms with Crippen molar-refractivity contribution in [2.24, 2.45) is 5.73 Å². The number of aryl methyl sites for hydroxylation is 1. The van der Waals surface area contributed by atoms with E-state index in [1.54, 1.807) is 13.0 Å². The Morgan fingerprint density at radius 1 is 1.45 bits per heavy atom. The van der Waals surface area contributed by atoms with Gasteiger partial charge in [-0.05, 0) is 19.1 Å². The van der Waals surface area contributed by atoms with Crippen molar-refractivity contribution in [3.63, 3.8) is 0 Å². The number of nitrogens with two attached hydrogens (primary N) is 1. The minimum atomic E-state index is -4.82. The summed E-state index contributed by atoms with van der Waals surface area (Å²) in [6.45, 7) is 1.83. The fourth-order valence-corrected chi connectivity index (χ4v) is 1.70. The highest BCUT2D eigenvalue weighted by molar-refractivity contribution is 6.03. The zero-order chi connectivity index (χ0) is 16.3. The van der Waals surface area contributed by atoms with E-state index in [4.69, 9.17) is 10.2 Å². The van der Waals surface area contributed by atoms with Crippen LogP contribution in [0.15, 0.2) is 28.8 Å². The van der Waals surface area contributed by atoms with Crippen molar-refractivity contribution >= 4 is 11.6 Å². The van der Waals surface area contributed by atoms with Crippen LogP contribution < -0.4 is 15.8 Å². The summed E-state index contributed by atoms with van der Waals surface area (Å²) in [6, 6.07) is 3.85. The summed E-state index contributed by atoms with van der Waals surface area (Å²) < 4.78 is 44.9. The first kappa shape index (κ1) is 15.8. The predicted octanol–water partition coefficient (Wildman–Crippen LogP) is 2.59. The molecule has 0 saturated heterocycles. The van der Waals surface area contributed by atoms with Gasteiger partial charge in [-0.15, -0.1) is 13.2 Å². The van der Waals surface area contributed by atoms with Gasteiger partial charge in [0, 0.05) is 11.6 Å². The minimum absolute atomic E-state index is 0.0797. The molecule has 0 fully saturated rings. The molecule has 2 aromatic rings. The van der Waals surface area contributed by atoms with E-state index in [0.29, 0.717) is 11.3 Å². The van der Waals surface area contributed by atoms with Gasteiger partial charge in [-0.25, -0.2) is 4.98 Å². The molecule has 118 valence electrons. The zero-order valence-corrected chi connectivity index (χ0v) is 11.4. The number of amides is 1. The molecule has 0 aliphatic carbocycles. The van der Waals surface area contributed by atoms with Gasteiger partial charge in [-0.2, -0.15) is 0 Å². The van der Waals surface area contributed by atoms with Crippen LogP contribution in [-0.2, 0) is 6.54 Å². The zero-order valence-electron chi connectivity index (χ0n) is 11.4. The van der Waals surface area contributed by atoms with E-state index in [9.17, 15) is 18.0 Å². The summed E-state index contributed by atoms with van der Waals surface area (Å²) in [5.74, 6) is -0.639. The van der Waals surface area contributed by atoms with E-state index in [-0.39, 0.29) is 18.0 Å². The fourth-order valence-electron chi connectivity index (χ4n) is 1.70. The van der Waals surface area contributed by atoms with E-state index in [1.165, 1.54) is 6.07 Å². The Morgan fingerprint density at radius 3 is 2.68 bits per heavy atom. The normalized spacial score (nSPS) is 11.3. The van der Waals surface area contributed by atoms with E-state index in [1.807, 2.05) is 0 Å². The number of hydrogen-bond donors (Lipinski definition) is 2. The van der Waals surface area contributed by atoms with Crippen molar-refractivity contribution in [3.8, 4) is 5.88 Å². The molecule has 2 heterocycles. The largest absolute Gasteiger partial charge is 0.574 e. The van der Waals surface area contributed by atoms with Gasteiger partial charge in [-0.1, -0.05) is 0 Å². The monoisotopic (exact) mass is 315 g/mol. The highest BCUT2D eigenvalue weighted by Crippen LogP contribution is 2.22. The molecule has 0 atom stereocenters. The number of rotatable bonds is 4. The van der Waals surface area contributed by atoms with Crippen LogP contribution in [0.1, 0.15) is 21.9 Å². The highest BCUT2D eigenvalue weighted by Gasteiger charge is 2.31. The van der Waals surface area contributed by atoms with Crippen LogP contribution in [0.5, 0.6) is 5.88 Å². The molecule has 0 bridgehead atoms. The molecule has 2 rings (SSSR count). The number of furan rings is 1. The van der Waals surface area contributed by atoms with Gasteiger partial charge in [0.05, 0.1) is 18.4 Å². The van der Waals surface area contributed by atoms with Crippen molar-refractivity contribution in [1.29, 1.82) is 0 Å². The van der Waals surface area contributed by atoms with Crippen molar-refractivity contribution in [1.82, 2.24) is 4.98 Å². The molecule has 0 aliphatic rings. The molecule has 0 aliphatic heterocycles. The molecule has 0 unspecified atom stereocenters. The lowest BCUT2D eigenvalue weighted by molar-refractivity contribution is -0.276. The molecule has 0 radical (unpaired) electrons. The van der Waals surface area contributed by atoms with Crippen molar-refractivity contribution in [2.45, 2.75) is 19.8 Å². The molecule has 0 saturated carbocycles. The Balaban J connectivity index is 2.07. The molecule has 0 spiro atoms. The first-order valence-corrected chi connectivity index (χ1v) is 6.11. The quantitative estimate of drug-likeness (QED) is 0.905. The standard InChI is InChI=1S/C13H12F3N3O3/c1-7-4-9(5-17)21-11(7)12(20)19-8-2-3-10(18-6-8)22-13(14,15)16/h2-4,6H,5,17H2,1H3,(H,19,20). The third-order valence-electron chi connectivity index (χ3n) is 2.59. The number of nitrogens with zero attached hydrogens (tertiary/aromatic N) is 1. The lowest BCUT2D eigenvalue weighted by atomic mass is 10.2. The van der Waals surface area contributed by atoms with Crippen molar-refractivity contribution in [2.75, 3.05) is 5.32 Å². The summed E-state index contributed by atoms with van der Waals surface area (Å²) >= 11 is 0. The molecule has 6 nitrogen and oxygen atoms in total. The lowest BCUT2D eigenvalue weighted by Crippen LogP contribution is -2.18. The number of carbonyl (C=O) groups excluding carboxylic acids is 1. The lowest BCUT2D eigenvalue weighted by Gasteiger charge is -2.08. The maximum absolute atomic E-state index is 12.0. The topological polar surface area (TPSA) is 90.4 Å². The second-order valence-electron chi connectivity index (χ2n) is 4.32. The molecule has 22 heavy (non-hydrogen) atoms. The van der Waals surface area contributed by atoms with Gasteiger partial charge in [0.1, 0.15) is 5.76 Å². The first-order chi connectivity index (χ1) is 10.3. The second-order valence-corrected chi connectivity index (χ2v) is 4.32. The summed E-state index contributed by atoms with van der Waals surface area (Å²) in [6.07, 6.45) is -3.78. The second kappa shape index (κ2) is 6.06. The Bertz CT molecular complexity index is 665. The maximum Gasteiger partial charge on any atom is 0.574 e. The molecular formula is C13H12F3N3O3. The number of carbonyl (C=O) groups is 1. The van der Waals surface area contributed by atoms with Crippen molar-refractivity contribution in [3.05, 3.63) is 41.5 Å². The van der Waals surface area contributed by atoms with Crippen LogP contribution in [0, 0.1) is 6.92 Å². The molecule has 1 amide bonds. The number of aromatic nitrogens is 1. The molecule has 9 heteroatoms. The Morgan fingerprint density at radius 2 is 2.18 bits per heavy atom. The number of ether oxygens (including phenoxy) is 1. The number of nitrogens with one attached hydrogen (secondary N) is 1. The van der Waals surface area contributed by atoms with Gasteiger partial charge in [0.15, 0.2) is 5.76 Å². The minimum Gasteiger partial charge on any atom is -0.454 e. The number of anilines is 1. The summed E-state index contributed by atoms with van der Waals surface area (Å²) in [5, 5.41) is 2.45. The fraction of sp³-hybridized carbons (Fsp3) is 0.231. The Labute approximate surface area is 123 Å². The Hall–Kier alpha value is -2.55. The van der Waals surface area contributed by atoms with Crippen LogP contribution in [0.2, 0.25) is 0 Å². The van der Waals surface area contributed by atoms with Gasteiger partial charge >= 0.3 is 6.36 Å². The summed E-state index contributed by atoms with van der Waals surface area (Å²) in [5.41, 5.74) is 6.21. The first-order valence-electron chi connectivity index (χ1n) is 6.11. The molecule has 3 N–H and O–H groups in total. The van der Waals surface area contributed by atoms with Crippen LogP contribution in [0.3, 0.4) is 0 Å². The summed E-state index contributed by atoms with van der Waals surface area (Å²) in [4.78, 5) is 15.4. The van der Waals surface area contributed by atoms with Crippen molar-refractivity contribution < 1.29 is 27.1 Å². The Kier molecular flexibility index (Phi) is 4.36. The van der Waals surface area contributed by atoms with Gasteiger partial charge in [0.25, 0.3) is 5.91 Å². The number of pyridine rings is 1. The van der Waals surface area contributed by atoms with Gasteiger partial charge in [0.2, 0.25) is 5.88 Å². The maximum atomic E-state index is 12.0. The molecule has 2 aromatic heterocycles. The average Bonchev–Trinajstić information content (AvgIpc) is 2.81. The summed E-state index contributed by atoms with van der Waals surface area (Å²) in [7, 11) is 0. The van der Waals surface area contributed by atoms with E-state index < -0.39 is 18.1 Å². The van der Waals surface area contributed by atoms with E-state index in [0.717, 1.165) is 12.3 Å². The van der Waals surface area contributed by atoms with Crippen LogP contribution >= 0.6 is 0 Å². The van der Waals surface area contributed by atoms with E-state index in [2.05, 4.69) is 15.0 Å². The smallest absolute Gasteiger partial charge is 0.454 e. The molecular weight excluding hydrogens is 303 g/mol. The third-order valence-corrected chi connectivity index (χ3v) is 2.59. The number of alkyl halides is 3. The highest BCUT2D eigenvalue weighted by atomic mass is 19.4. The van der Waals surface area contributed by atoms with Crippen LogP contribution in [-0.4, -0.2) is 17.3 Å². The third kappa shape index (κ3) is 3.98. The average molecular weight is 315 g/mol. The van der Waals surface area contributed by atoms with E-state index >= 15 is 0 Å².